The van der Waals surface area contributed by atoms with Crippen LogP contribution >= 0.6 is 0 Å². The molecule has 2 N–H and O–H groups in total. The molecular formula is C15H22N2O2. The van der Waals surface area contributed by atoms with Crippen LogP contribution in [0.4, 0.5) is 0 Å². The number of nitrogens with one attached hydrogen (secondary N) is 2. The predicted octanol–water partition coefficient (Wildman–Crippen LogP) is 1.56. The van der Waals surface area contributed by atoms with Gasteiger partial charge < -0.3 is 20.1 Å². The van der Waals surface area contributed by atoms with E-state index in [9.17, 15) is 0 Å². The van der Waals surface area contributed by atoms with Crippen LogP contribution in [0.5, 0.6) is 11.5 Å². The fraction of sp³-hybridized carbons (Fsp3) is 0.600. The van der Waals surface area contributed by atoms with Crippen molar-refractivity contribution in [3.05, 3.63) is 24.3 Å². The summed E-state index contributed by atoms with van der Waals surface area (Å²) in [5, 5.41) is 6.95. The van der Waals surface area contributed by atoms with E-state index in [-0.39, 0.29) is 6.10 Å². The fourth-order valence-electron chi connectivity index (χ4n) is 2.23. The molecule has 1 fully saturated rings. The van der Waals surface area contributed by atoms with Crippen LogP contribution in [0.25, 0.3) is 0 Å². The van der Waals surface area contributed by atoms with E-state index in [1.165, 1.54) is 19.3 Å². The molecule has 3 rings (SSSR count). The Kier molecular flexibility index (Phi) is 4.20. The van der Waals surface area contributed by atoms with Crippen molar-refractivity contribution >= 4 is 0 Å². The minimum Gasteiger partial charge on any atom is -0.486 e. The summed E-state index contributed by atoms with van der Waals surface area (Å²) in [4.78, 5) is 0. The second-order valence-corrected chi connectivity index (χ2v) is 5.28. The van der Waals surface area contributed by atoms with Crippen molar-refractivity contribution in [2.45, 2.75) is 31.4 Å². The molecule has 0 radical (unpaired) electrons. The van der Waals surface area contributed by atoms with Crippen LogP contribution in [0.1, 0.15) is 19.3 Å². The lowest BCUT2D eigenvalue weighted by atomic mass is 10.2. The Morgan fingerprint density at radius 2 is 1.95 bits per heavy atom. The summed E-state index contributed by atoms with van der Waals surface area (Å²) >= 11 is 0. The van der Waals surface area contributed by atoms with Crippen molar-refractivity contribution in [1.29, 1.82) is 0 Å². The summed E-state index contributed by atoms with van der Waals surface area (Å²) in [6.45, 7) is 3.62. The molecule has 1 aromatic carbocycles. The number of hydrogen-bond acceptors (Lipinski definition) is 4. The summed E-state index contributed by atoms with van der Waals surface area (Å²) in [6, 6.07) is 8.66. The molecule has 19 heavy (non-hydrogen) atoms. The highest BCUT2D eigenvalue weighted by Crippen LogP contribution is 2.30. The molecular weight excluding hydrogens is 240 g/mol. The fourth-order valence-corrected chi connectivity index (χ4v) is 2.23. The molecule has 0 bridgehead atoms. The standard InChI is InChI=1S/C15H22N2O2/c1-2-5-15-14(4-1)18-11-13(19-15)10-16-8-3-9-17-12-6-7-12/h1-2,4-5,12-13,16-17H,3,6-11H2. The Morgan fingerprint density at radius 1 is 1.11 bits per heavy atom. The molecule has 1 saturated carbocycles. The van der Waals surface area contributed by atoms with Crippen molar-refractivity contribution in [3.63, 3.8) is 0 Å². The van der Waals surface area contributed by atoms with Crippen LogP contribution in [0, 0.1) is 0 Å². The predicted molar refractivity (Wildman–Crippen MR) is 74.9 cm³/mol. The minimum atomic E-state index is 0.117. The zero-order chi connectivity index (χ0) is 12.9. The molecule has 2 aliphatic rings. The molecule has 1 aliphatic carbocycles. The molecule has 1 heterocycles. The molecule has 4 nitrogen and oxygen atoms in total. The molecule has 1 atom stereocenters. The number of benzene rings is 1. The Hall–Kier alpha value is -1.26. The van der Waals surface area contributed by atoms with Gasteiger partial charge in [-0.05, 0) is 44.5 Å². The summed E-state index contributed by atoms with van der Waals surface area (Å²) in [6.07, 6.45) is 4.01. The van der Waals surface area contributed by atoms with Gasteiger partial charge in [0, 0.05) is 12.6 Å². The van der Waals surface area contributed by atoms with Crippen molar-refractivity contribution in [2.24, 2.45) is 0 Å². The maximum Gasteiger partial charge on any atom is 0.161 e. The third kappa shape index (κ3) is 3.85. The highest BCUT2D eigenvalue weighted by atomic mass is 16.6. The van der Waals surface area contributed by atoms with Gasteiger partial charge in [-0.15, -0.1) is 0 Å². The van der Waals surface area contributed by atoms with Crippen molar-refractivity contribution in [1.82, 2.24) is 10.6 Å². The topological polar surface area (TPSA) is 42.5 Å². The average Bonchev–Trinajstić information content (AvgIpc) is 3.27. The zero-order valence-electron chi connectivity index (χ0n) is 11.2. The van der Waals surface area contributed by atoms with E-state index in [4.69, 9.17) is 9.47 Å². The van der Waals surface area contributed by atoms with Crippen molar-refractivity contribution in [2.75, 3.05) is 26.2 Å². The van der Waals surface area contributed by atoms with Crippen molar-refractivity contribution < 1.29 is 9.47 Å². The van der Waals surface area contributed by atoms with E-state index in [2.05, 4.69) is 10.6 Å². The largest absolute Gasteiger partial charge is 0.486 e. The van der Waals surface area contributed by atoms with Crippen molar-refractivity contribution in [3.8, 4) is 11.5 Å². The molecule has 0 saturated heterocycles. The second-order valence-electron chi connectivity index (χ2n) is 5.28. The Bertz CT molecular complexity index is 407. The smallest absolute Gasteiger partial charge is 0.161 e. The maximum atomic E-state index is 5.88. The molecule has 0 amide bonds. The average molecular weight is 262 g/mol. The van der Waals surface area contributed by atoms with Gasteiger partial charge in [-0.1, -0.05) is 12.1 Å². The van der Waals surface area contributed by atoms with E-state index >= 15 is 0 Å². The van der Waals surface area contributed by atoms with Crippen LogP contribution < -0.4 is 20.1 Å². The van der Waals surface area contributed by atoms with Gasteiger partial charge in [0.2, 0.25) is 0 Å². The molecule has 1 aliphatic heterocycles. The maximum absolute atomic E-state index is 5.88. The first-order valence-electron chi connectivity index (χ1n) is 7.24. The SMILES string of the molecule is c1ccc2c(c1)OCC(CNCCCNC1CC1)O2. The molecule has 0 aromatic heterocycles. The highest BCUT2D eigenvalue weighted by molar-refractivity contribution is 5.40. The minimum absolute atomic E-state index is 0.117. The lowest BCUT2D eigenvalue weighted by Crippen LogP contribution is -2.39. The zero-order valence-corrected chi connectivity index (χ0v) is 11.2. The summed E-state index contributed by atoms with van der Waals surface area (Å²) in [5.41, 5.74) is 0. The van der Waals surface area contributed by atoms with Crippen LogP contribution in [0.2, 0.25) is 0 Å². The number of para-hydroxylation sites is 2. The quantitative estimate of drug-likeness (QED) is 0.732. The third-order valence-corrected chi connectivity index (χ3v) is 3.48. The molecule has 1 unspecified atom stereocenters. The van der Waals surface area contributed by atoms with Crippen LogP contribution in [-0.4, -0.2) is 38.4 Å². The van der Waals surface area contributed by atoms with Gasteiger partial charge in [-0.2, -0.15) is 0 Å². The molecule has 1 aromatic rings. The van der Waals surface area contributed by atoms with Gasteiger partial charge in [0.25, 0.3) is 0 Å². The Morgan fingerprint density at radius 3 is 2.79 bits per heavy atom. The van der Waals surface area contributed by atoms with Crippen LogP contribution in [-0.2, 0) is 0 Å². The summed E-state index contributed by atoms with van der Waals surface area (Å²) < 4.78 is 11.6. The number of hydrogen-bond donors (Lipinski definition) is 2. The van der Waals surface area contributed by atoms with E-state index < -0.39 is 0 Å². The van der Waals surface area contributed by atoms with E-state index in [1.807, 2.05) is 24.3 Å². The van der Waals surface area contributed by atoms with E-state index in [0.717, 1.165) is 37.2 Å². The lowest BCUT2D eigenvalue weighted by molar-refractivity contribution is 0.0905. The Labute approximate surface area is 114 Å². The highest BCUT2D eigenvalue weighted by Gasteiger charge is 2.20. The first-order chi connectivity index (χ1) is 9.42. The van der Waals surface area contributed by atoms with Crippen LogP contribution in [0.15, 0.2) is 24.3 Å². The molecule has 104 valence electrons. The van der Waals surface area contributed by atoms with E-state index in [1.54, 1.807) is 0 Å². The molecule has 0 spiro atoms. The first kappa shape index (κ1) is 12.8. The second kappa shape index (κ2) is 6.26. The van der Waals surface area contributed by atoms with E-state index in [0.29, 0.717) is 6.61 Å². The van der Waals surface area contributed by atoms with Gasteiger partial charge in [0.05, 0.1) is 0 Å². The van der Waals surface area contributed by atoms with Gasteiger partial charge in [-0.3, -0.25) is 0 Å². The Balaban J connectivity index is 1.31. The first-order valence-corrected chi connectivity index (χ1v) is 7.24. The number of ether oxygens (including phenoxy) is 2. The van der Waals surface area contributed by atoms with Gasteiger partial charge in [0.1, 0.15) is 12.7 Å². The van der Waals surface area contributed by atoms with Gasteiger partial charge in [-0.25, -0.2) is 0 Å². The normalized spacial score (nSPS) is 21.4. The monoisotopic (exact) mass is 262 g/mol. The van der Waals surface area contributed by atoms with Crippen LogP contribution in [0.3, 0.4) is 0 Å². The summed E-state index contributed by atoms with van der Waals surface area (Å²) in [7, 11) is 0. The summed E-state index contributed by atoms with van der Waals surface area (Å²) in [5.74, 6) is 1.71. The molecule has 4 heteroatoms. The number of fused-ring (bicyclic) bond motifs is 1. The van der Waals surface area contributed by atoms with Gasteiger partial charge in [0.15, 0.2) is 11.5 Å². The van der Waals surface area contributed by atoms with Gasteiger partial charge >= 0.3 is 0 Å². The third-order valence-electron chi connectivity index (χ3n) is 3.48. The lowest BCUT2D eigenvalue weighted by Gasteiger charge is -2.26. The number of rotatable bonds is 7.